The van der Waals surface area contributed by atoms with Crippen LogP contribution in [0.1, 0.15) is 5.56 Å². The van der Waals surface area contributed by atoms with Crippen LogP contribution in [0.25, 0.3) is 22.6 Å². The first kappa shape index (κ1) is 18.1. The van der Waals surface area contributed by atoms with Crippen LogP contribution in [0, 0.1) is 6.92 Å². The number of hydrogen-bond donors (Lipinski definition) is 1. The van der Waals surface area contributed by atoms with Gasteiger partial charge in [-0.1, -0.05) is 35.9 Å². The number of amides is 1. The molecule has 0 bridgehead atoms. The molecule has 0 saturated carbocycles. The summed E-state index contributed by atoms with van der Waals surface area (Å²) in [6.45, 7) is 1.90. The van der Waals surface area contributed by atoms with Gasteiger partial charge in [-0.25, -0.2) is 4.98 Å². The molecule has 0 radical (unpaired) electrons. The van der Waals surface area contributed by atoms with Gasteiger partial charge in [0, 0.05) is 5.69 Å². The maximum atomic E-state index is 12.2. The summed E-state index contributed by atoms with van der Waals surface area (Å²) in [6, 6.07) is 20.1. The zero-order valence-corrected chi connectivity index (χ0v) is 15.9. The molecule has 5 nitrogen and oxygen atoms in total. The van der Waals surface area contributed by atoms with Gasteiger partial charge in [-0.2, -0.15) is 0 Å². The summed E-state index contributed by atoms with van der Waals surface area (Å²) in [7, 11) is 0. The van der Waals surface area contributed by atoms with E-state index in [1.807, 2.05) is 43.3 Å². The normalized spacial score (nSPS) is 10.8. The topological polar surface area (TPSA) is 64.4 Å². The number of benzene rings is 3. The van der Waals surface area contributed by atoms with Gasteiger partial charge in [-0.15, -0.1) is 0 Å². The van der Waals surface area contributed by atoms with Crippen molar-refractivity contribution in [1.82, 2.24) is 4.98 Å². The van der Waals surface area contributed by atoms with E-state index in [2.05, 4.69) is 10.3 Å². The van der Waals surface area contributed by atoms with E-state index in [0.717, 1.165) is 11.1 Å². The van der Waals surface area contributed by atoms with Crippen molar-refractivity contribution in [1.29, 1.82) is 0 Å². The number of para-hydroxylation sites is 1. The summed E-state index contributed by atoms with van der Waals surface area (Å²) >= 11 is 6.33. The molecule has 1 amide bonds. The summed E-state index contributed by atoms with van der Waals surface area (Å²) in [6.07, 6.45) is 0. The van der Waals surface area contributed by atoms with Crippen molar-refractivity contribution in [2.45, 2.75) is 6.92 Å². The molecule has 0 fully saturated rings. The van der Waals surface area contributed by atoms with E-state index in [9.17, 15) is 4.79 Å². The van der Waals surface area contributed by atoms with Gasteiger partial charge >= 0.3 is 0 Å². The number of carbonyl (C=O) groups excluding carboxylic acids is 1. The molecule has 4 aromatic rings. The highest BCUT2D eigenvalue weighted by molar-refractivity contribution is 6.33. The van der Waals surface area contributed by atoms with Crippen LogP contribution in [0.5, 0.6) is 5.75 Å². The molecule has 1 aromatic heterocycles. The fourth-order valence-electron chi connectivity index (χ4n) is 2.78. The number of nitrogens with zero attached hydrogens (tertiary/aromatic N) is 1. The van der Waals surface area contributed by atoms with E-state index in [0.29, 0.717) is 33.5 Å². The van der Waals surface area contributed by atoms with Crippen LogP contribution in [-0.2, 0) is 4.79 Å². The van der Waals surface area contributed by atoms with Crippen molar-refractivity contribution in [3.63, 3.8) is 0 Å². The molecule has 1 N–H and O–H groups in total. The van der Waals surface area contributed by atoms with E-state index in [1.54, 1.807) is 30.3 Å². The van der Waals surface area contributed by atoms with Crippen LogP contribution in [-0.4, -0.2) is 17.5 Å². The van der Waals surface area contributed by atoms with Crippen LogP contribution in [0.15, 0.2) is 71.1 Å². The third-order valence-electron chi connectivity index (χ3n) is 4.14. The molecule has 4 rings (SSSR count). The largest absolute Gasteiger partial charge is 0.484 e. The Labute approximate surface area is 166 Å². The zero-order valence-electron chi connectivity index (χ0n) is 15.1. The lowest BCUT2D eigenvalue weighted by Crippen LogP contribution is -2.20. The van der Waals surface area contributed by atoms with Crippen LogP contribution < -0.4 is 10.1 Å². The summed E-state index contributed by atoms with van der Waals surface area (Å²) in [5.41, 5.74) is 3.72. The minimum absolute atomic E-state index is 0.0931. The Balaban J connectivity index is 1.52. The molecule has 0 spiro atoms. The van der Waals surface area contributed by atoms with Gasteiger partial charge in [-0.3, -0.25) is 4.79 Å². The Bertz CT molecular complexity index is 1140. The molecule has 0 saturated heterocycles. The van der Waals surface area contributed by atoms with E-state index >= 15 is 0 Å². The Hall–Kier alpha value is -3.31. The first-order chi connectivity index (χ1) is 13.6. The van der Waals surface area contributed by atoms with Gasteiger partial charge in [0.1, 0.15) is 11.3 Å². The number of aryl methyl sites for hydroxylation is 1. The van der Waals surface area contributed by atoms with Crippen molar-refractivity contribution >= 4 is 34.3 Å². The van der Waals surface area contributed by atoms with Gasteiger partial charge in [0.05, 0.1) is 10.6 Å². The molecule has 6 heteroatoms. The number of ether oxygens (including phenoxy) is 1. The molecular weight excluding hydrogens is 376 g/mol. The summed E-state index contributed by atoms with van der Waals surface area (Å²) in [4.78, 5) is 16.7. The van der Waals surface area contributed by atoms with Crippen molar-refractivity contribution in [2.24, 2.45) is 0 Å². The predicted molar refractivity (Wildman–Crippen MR) is 110 cm³/mol. The van der Waals surface area contributed by atoms with E-state index in [4.69, 9.17) is 20.8 Å². The maximum absolute atomic E-state index is 12.2. The number of hydrogen-bond acceptors (Lipinski definition) is 4. The number of carbonyl (C=O) groups is 1. The highest BCUT2D eigenvalue weighted by Crippen LogP contribution is 2.32. The summed E-state index contributed by atoms with van der Waals surface area (Å²) in [5, 5.41) is 3.29. The number of nitrogens with one attached hydrogen (secondary N) is 1. The minimum atomic E-state index is -0.273. The predicted octanol–water partition coefficient (Wildman–Crippen LogP) is 5.47. The number of halogens is 1. The molecule has 3 aromatic carbocycles. The standard InChI is InChI=1S/C22H17ClN2O3/c1-14-7-10-19-20(11-14)28-22(25-19)17-12-15(8-9-18(17)23)24-21(26)13-27-16-5-3-2-4-6-16/h2-12H,13H2,1H3,(H,24,26). The lowest BCUT2D eigenvalue weighted by molar-refractivity contribution is -0.118. The van der Waals surface area contributed by atoms with E-state index in [1.165, 1.54) is 0 Å². The van der Waals surface area contributed by atoms with Crippen LogP contribution in [0.2, 0.25) is 5.02 Å². The Kier molecular flexibility index (Phi) is 5.00. The van der Waals surface area contributed by atoms with Gasteiger partial charge in [0.2, 0.25) is 5.89 Å². The Morgan fingerprint density at radius 3 is 2.75 bits per heavy atom. The number of fused-ring (bicyclic) bond motifs is 1. The fraction of sp³-hybridized carbons (Fsp3) is 0.0909. The second-order valence-corrected chi connectivity index (χ2v) is 6.74. The molecule has 0 aliphatic rings. The zero-order chi connectivity index (χ0) is 19.5. The van der Waals surface area contributed by atoms with Crippen molar-refractivity contribution in [2.75, 3.05) is 11.9 Å². The first-order valence-corrected chi connectivity index (χ1v) is 9.11. The van der Waals surface area contributed by atoms with Crippen molar-refractivity contribution in [3.05, 3.63) is 77.3 Å². The van der Waals surface area contributed by atoms with E-state index < -0.39 is 0 Å². The quantitative estimate of drug-likeness (QED) is 0.488. The lowest BCUT2D eigenvalue weighted by Gasteiger charge is -2.09. The molecule has 28 heavy (non-hydrogen) atoms. The third kappa shape index (κ3) is 4.00. The third-order valence-corrected chi connectivity index (χ3v) is 4.47. The van der Waals surface area contributed by atoms with Gasteiger partial charge in [0.25, 0.3) is 5.91 Å². The molecule has 0 aliphatic carbocycles. The minimum Gasteiger partial charge on any atom is -0.484 e. The summed E-state index contributed by atoms with van der Waals surface area (Å²) < 4.78 is 11.3. The Morgan fingerprint density at radius 2 is 1.93 bits per heavy atom. The monoisotopic (exact) mass is 392 g/mol. The fourth-order valence-corrected chi connectivity index (χ4v) is 2.98. The number of anilines is 1. The van der Waals surface area contributed by atoms with Crippen LogP contribution >= 0.6 is 11.6 Å². The van der Waals surface area contributed by atoms with Crippen LogP contribution in [0.4, 0.5) is 5.69 Å². The highest BCUT2D eigenvalue weighted by atomic mass is 35.5. The van der Waals surface area contributed by atoms with Crippen molar-refractivity contribution < 1.29 is 13.9 Å². The molecule has 140 valence electrons. The summed E-state index contributed by atoms with van der Waals surface area (Å²) in [5.74, 6) is 0.767. The van der Waals surface area contributed by atoms with Crippen LogP contribution in [0.3, 0.4) is 0 Å². The molecule has 0 atom stereocenters. The number of aromatic nitrogens is 1. The van der Waals surface area contributed by atoms with Gasteiger partial charge in [0.15, 0.2) is 12.2 Å². The molecule has 0 aliphatic heterocycles. The molecule has 0 unspecified atom stereocenters. The lowest BCUT2D eigenvalue weighted by atomic mass is 10.2. The van der Waals surface area contributed by atoms with Crippen molar-refractivity contribution in [3.8, 4) is 17.2 Å². The van der Waals surface area contributed by atoms with Gasteiger partial charge in [-0.05, 0) is 55.0 Å². The highest BCUT2D eigenvalue weighted by Gasteiger charge is 2.14. The van der Waals surface area contributed by atoms with Gasteiger partial charge < -0.3 is 14.5 Å². The number of rotatable bonds is 5. The number of oxazole rings is 1. The van der Waals surface area contributed by atoms with E-state index in [-0.39, 0.29) is 12.5 Å². The second kappa shape index (κ2) is 7.74. The SMILES string of the molecule is Cc1ccc2nc(-c3cc(NC(=O)COc4ccccc4)ccc3Cl)oc2c1. The smallest absolute Gasteiger partial charge is 0.262 e. The first-order valence-electron chi connectivity index (χ1n) is 8.73. The molecular formula is C22H17ClN2O3. The maximum Gasteiger partial charge on any atom is 0.262 e. The Morgan fingerprint density at radius 1 is 1.11 bits per heavy atom. The average molecular weight is 393 g/mol. The average Bonchev–Trinajstić information content (AvgIpc) is 3.11. The second-order valence-electron chi connectivity index (χ2n) is 6.33. The molecule has 1 heterocycles.